The zero-order valence-electron chi connectivity index (χ0n) is 13.8. The predicted octanol–water partition coefficient (Wildman–Crippen LogP) is 3.67. The van der Waals surface area contributed by atoms with Crippen LogP contribution in [0.5, 0.6) is 5.75 Å². The average molecular weight is 335 g/mol. The van der Waals surface area contributed by atoms with Crippen molar-refractivity contribution < 1.29 is 18.7 Å². The fourth-order valence-electron chi connectivity index (χ4n) is 3.22. The van der Waals surface area contributed by atoms with E-state index in [1.165, 1.54) is 4.90 Å². The molecule has 2 aromatic carbocycles. The standard InChI is InChI=1S/C20H17NO4/c1-2-24-17-9-5-8-14-13(12-25-18(14)17)10-11-21-19(22)15-6-3-4-7-16(15)20(21)23/h3-9,12H,2,10-11H2,1H3. The molecule has 4 rings (SSSR count). The van der Waals surface area contributed by atoms with Gasteiger partial charge in [-0.05, 0) is 31.5 Å². The van der Waals surface area contributed by atoms with Crippen molar-refractivity contribution in [2.75, 3.05) is 13.2 Å². The number of hydrogen-bond acceptors (Lipinski definition) is 4. The molecule has 126 valence electrons. The van der Waals surface area contributed by atoms with E-state index >= 15 is 0 Å². The van der Waals surface area contributed by atoms with Crippen molar-refractivity contribution in [1.82, 2.24) is 4.90 Å². The molecule has 0 aliphatic carbocycles. The first-order valence-corrected chi connectivity index (χ1v) is 8.28. The van der Waals surface area contributed by atoms with Gasteiger partial charge in [0.25, 0.3) is 11.8 Å². The van der Waals surface area contributed by atoms with Crippen LogP contribution in [-0.2, 0) is 6.42 Å². The number of carbonyl (C=O) groups excluding carboxylic acids is 2. The van der Waals surface area contributed by atoms with Gasteiger partial charge in [-0.1, -0.05) is 24.3 Å². The number of ether oxygens (including phenoxy) is 1. The van der Waals surface area contributed by atoms with Crippen LogP contribution in [0.1, 0.15) is 33.2 Å². The molecular formula is C20H17NO4. The number of nitrogens with zero attached hydrogens (tertiary/aromatic N) is 1. The molecule has 0 fully saturated rings. The van der Waals surface area contributed by atoms with Crippen molar-refractivity contribution >= 4 is 22.8 Å². The summed E-state index contributed by atoms with van der Waals surface area (Å²) in [6, 6.07) is 12.7. The lowest BCUT2D eigenvalue weighted by Crippen LogP contribution is -2.31. The molecule has 0 N–H and O–H groups in total. The Kier molecular flexibility index (Phi) is 3.76. The van der Waals surface area contributed by atoms with Gasteiger partial charge >= 0.3 is 0 Å². The van der Waals surface area contributed by atoms with Crippen molar-refractivity contribution in [1.29, 1.82) is 0 Å². The first-order chi connectivity index (χ1) is 12.2. The number of amides is 2. The summed E-state index contributed by atoms with van der Waals surface area (Å²) < 4.78 is 11.2. The molecule has 1 aliphatic heterocycles. The maximum atomic E-state index is 12.4. The van der Waals surface area contributed by atoms with Gasteiger partial charge in [-0.2, -0.15) is 0 Å². The molecule has 3 aromatic rings. The molecule has 0 saturated carbocycles. The molecule has 1 aromatic heterocycles. The second kappa shape index (κ2) is 6.09. The summed E-state index contributed by atoms with van der Waals surface area (Å²) in [6.07, 6.45) is 2.21. The van der Waals surface area contributed by atoms with Crippen LogP contribution in [0, 0.1) is 0 Å². The van der Waals surface area contributed by atoms with Gasteiger partial charge in [-0.3, -0.25) is 14.5 Å². The molecule has 25 heavy (non-hydrogen) atoms. The number of rotatable bonds is 5. The lowest BCUT2D eigenvalue weighted by atomic mass is 10.1. The topological polar surface area (TPSA) is 59.8 Å². The normalized spacial score (nSPS) is 13.6. The van der Waals surface area contributed by atoms with Crippen LogP contribution >= 0.6 is 0 Å². The molecule has 5 heteroatoms. The van der Waals surface area contributed by atoms with Gasteiger partial charge in [0.1, 0.15) is 0 Å². The number of hydrogen-bond donors (Lipinski definition) is 0. The number of imide groups is 1. The maximum Gasteiger partial charge on any atom is 0.261 e. The Balaban J connectivity index is 1.57. The fourth-order valence-corrected chi connectivity index (χ4v) is 3.22. The highest BCUT2D eigenvalue weighted by Crippen LogP contribution is 2.30. The number of furan rings is 1. The second-order valence-electron chi connectivity index (χ2n) is 5.88. The Labute approximate surface area is 144 Å². The smallest absolute Gasteiger partial charge is 0.261 e. The van der Waals surface area contributed by atoms with Crippen LogP contribution in [-0.4, -0.2) is 29.9 Å². The number of benzene rings is 2. The molecule has 1 aliphatic rings. The van der Waals surface area contributed by atoms with Crippen LogP contribution in [0.25, 0.3) is 11.0 Å². The molecule has 0 saturated heterocycles. The van der Waals surface area contributed by atoms with Gasteiger partial charge in [0, 0.05) is 17.5 Å². The Morgan fingerprint density at radius 2 is 1.72 bits per heavy atom. The average Bonchev–Trinajstić information content (AvgIpc) is 3.15. The SMILES string of the molecule is CCOc1cccc2c(CCN3C(=O)c4ccccc4C3=O)coc12. The molecule has 5 nitrogen and oxygen atoms in total. The molecular weight excluding hydrogens is 318 g/mol. The minimum absolute atomic E-state index is 0.233. The van der Waals surface area contributed by atoms with Crippen LogP contribution in [0.3, 0.4) is 0 Å². The van der Waals surface area contributed by atoms with Crippen molar-refractivity contribution in [2.45, 2.75) is 13.3 Å². The summed E-state index contributed by atoms with van der Waals surface area (Å²) in [5.74, 6) is 0.235. The summed E-state index contributed by atoms with van der Waals surface area (Å²) in [4.78, 5) is 26.2. The predicted molar refractivity (Wildman–Crippen MR) is 92.9 cm³/mol. The molecule has 0 bridgehead atoms. The number of para-hydroxylation sites is 1. The Morgan fingerprint density at radius 1 is 1.00 bits per heavy atom. The third-order valence-electron chi connectivity index (χ3n) is 4.43. The van der Waals surface area contributed by atoms with Gasteiger partial charge in [0.15, 0.2) is 11.3 Å². The van der Waals surface area contributed by atoms with E-state index in [4.69, 9.17) is 9.15 Å². The second-order valence-corrected chi connectivity index (χ2v) is 5.88. The van der Waals surface area contributed by atoms with Crippen LogP contribution < -0.4 is 4.74 Å². The van der Waals surface area contributed by atoms with E-state index in [1.54, 1.807) is 30.5 Å². The third-order valence-corrected chi connectivity index (χ3v) is 4.43. The minimum atomic E-state index is -0.233. The Hall–Kier alpha value is -3.08. The summed E-state index contributed by atoms with van der Waals surface area (Å²) >= 11 is 0. The highest BCUT2D eigenvalue weighted by Gasteiger charge is 2.34. The van der Waals surface area contributed by atoms with E-state index in [2.05, 4.69) is 0 Å². The molecule has 0 atom stereocenters. The van der Waals surface area contributed by atoms with Gasteiger partial charge < -0.3 is 9.15 Å². The summed E-state index contributed by atoms with van der Waals surface area (Å²) in [6.45, 7) is 2.80. The van der Waals surface area contributed by atoms with Crippen molar-refractivity contribution in [3.05, 3.63) is 65.4 Å². The van der Waals surface area contributed by atoms with Crippen molar-refractivity contribution in [2.24, 2.45) is 0 Å². The van der Waals surface area contributed by atoms with Crippen molar-refractivity contribution in [3.8, 4) is 5.75 Å². The summed E-state index contributed by atoms with van der Waals surface area (Å²) in [5, 5.41) is 0.947. The molecule has 2 heterocycles. The fraction of sp³-hybridized carbons (Fsp3) is 0.200. The zero-order valence-corrected chi connectivity index (χ0v) is 13.8. The Morgan fingerprint density at radius 3 is 2.40 bits per heavy atom. The first kappa shape index (κ1) is 15.4. The molecule has 0 unspecified atom stereocenters. The van der Waals surface area contributed by atoms with E-state index in [9.17, 15) is 9.59 Å². The number of fused-ring (bicyclic) bond motifs is 2. The first-order valence-electron chi connectivity index (χ1n) is 8.28. The van der Waals surface area contributed by atoms with Crippen molar-refractivity contribution in [3.63, 3.8) is 0 Å². The Bertz CT molecular complexity index is 938. The molecule has 2 amide bonds. The third kappa shape index (κ3) is 2.48. The quantitative estimate of drug-likeness (QED) is 0.668. The van der Waals surface area contributed by atoms with Crippen LogP contribution in [0.2, 0.25) is 0 Å². The lowest BCUT2D eigenvalue weighted by molar-refractivity contribution is 0.0656. The van der Waals surface area contributed by atoms with E-state index < -0.39 is 0 Å². The van der Waals surface area contributed by atoms with Crippen LogP contribution in [0.4, 0.5) is 0 Å². The molecule has 0 radical (unpaired) electrons. The lowest BCUT2D eigenvalue weighted by Gasteiger charge is -2.13. The summed E-state index contributed by atoms with van der Waals surface area (Å²) in [7, 11) is 0. The van der Waals surface area contributed by atoms with Gasteiger partial charge in [0.2, 0.25) is 0 Å². The minimum Gasteiger partial charge on any atom is -0.490 e. The van der Waals surface area contributed by atoms with Gasteiger partial charge in [-0.15, -0.1) is 0 Å². The van der Waals surface area contributed by atoms with E-state index in [0.717, 1.165) is 10.9 Å². The maximum absolute atomic E-state index is 12.4. The zero-order chi connectivity index (χ0) is 17.4. The summed E-state index contributed by atoms with van der Waals surface area (Å²) in [5.41, 5.74) is 2.60. The van der Waals surface area contributed by atoms with E-state index in [-0.39, 0.29) is 11.8 Å². The van der Waals surface area contributed by atoms with Gasteiger partial charge in [-0.25, -0.2) is 0 Å². The largest absolute Gasteiger partial charge is 0.490 e. The molecule has 0 spiro atoms. The van der Waals surface area contributed by atoms with E-state index in [1.807, 2.05) is 25.1 Å². The van der Waals surface area contributed by atoms with Gasteiger partial charge in [0.05, 0.1) is 24.0 Å². The monoisotopic (exact) mass is 335 g/mol. The number of carbonyl (C=O) groups is 2. The highest BCUT2D eigenvalue weighted by molar-refractivity contribution is 6.21. The van der Waals surface area contributed by atoms with E-state index in [0.29, 0.717) is 42.0 Å². The van der Waals surface area contributed by atoms with Crippen LogP contribution in [0.15, 0.2) is 53.1 Å². The highest BCUT2D eigenvalue weighted by atomic mass is 16.5.